The van der Waals surface area contributed by atoms with Crippen LogP contribution in [0.5, 0.6) is 5.75 Å². The molecule has 204 valence electrons. The van der Waals surface area contributed by atoms with Gasteiger partial charge in [-0.05, 0) is 45.7 Å². The molecular weight excluding hydrogens is 504 g/mol. The molecular formula is C27H30F4N4O3. The summed E-state index contributed by atoms with van der Waals surface area (Å²) in [6.45, 7) is 7.23. The maximum Gasteiger partial charge on any atom is 0.419 e. The number of aliphatic hydroxyl groups is 1. The van der Waals surface area contributed by atoms with Crippen molar-refractivity contribution >= 4 is 22.6 Å². The highest BCUT2D eigenvalue weighted by atomic mass is 19.4. The van der Waals surface area contributed by atoms with Crippen LogP contribution >= 0.6 is 0 Å². The molecule has 4 rings (SSSR count). The first-order valence-electron chi connectivity index (χ1n) is 12.2. The predicted octanol–water partition coefficient (Wildman–Crippen LogP) is 5.42. The number of ether oxygens (including phenoxy) is 1. The van der Waals surface area contributed by atoms with Crippen LogP contribution in [0.3, 0.4) is 0 Å². The third-order valence-corrected chi connectivity index (χ3v) is 7.18. The summed E-state index contributed by atoms with van der Waals surface area (Å²) in [5.74, 6) is -0.283. The van der Waals surface area contributed by atoms with Gasteiger partial charge >= 0.3 is 6.18 Å². The van der Waals surface area contributed by atoms with Gasteiger partial charge in [0.15, 0.2) is 0 Å². The third kappa shape index (κ3) is 4.99. The largest absolute Gasteiger partial charge is 0.496 e. The highest BCUT2D eigenvalue weighted by molar-refractivity contribution is 5.94. The quantitative estimate of drug-likeness (QED) is 0.426. The van der Waals surface area contributed by atoms with Gasteiger partial charge in [0.2, 0.25) is 5.91 Å². The van der Waals surface area contributed by atoms with Gasteiger partial charge in [-0.25, -0.2) is 14.4 Å². The van der Waals surface area contributed by atoms with Gasteiger partial charge in [0, 0.05) is 42.1 Å². The van der Waals surface area contributed by atoms with E-state index in [0.717, 1.165) is 0 Å². The SMILES string of the molecule is COc1c(C2(O)CCN(C(C)=O)CC2)cc2c(N[C@@H](C)c3cccc(C(F)(F)F)c3F)nc(C)nc2c1C. The highest BCUT2D eigenvalue weighted by Gasteiger charge is 2.39. The molecule has 2 aromatic carbocycles. The van der Waals surface area contributed by atoms with Crippen LogP contribution in [0.25, 0.3) is 10.9 Å². The van der Waals surface area contributed by atoms with Gasteiger partial charge in [0.25, 0.3) is 0 Å². The number of nitrogens with zero attached hydrogens (tertiary/aromatic N) is 3. The summed E-state index contributed by atoms with van der Waals surface area (Å²) < 4.78 is 60.4. The van der Waals surface area contributed by atoms with Crippen molar-refractivity contribution in [2.24, 2.45) is 0 Å². The summed E-state index contributed by atoms with van der Waals surface area (Å²) in [6, 6.07) is 4.00. The molecule has 1 aromatic heterocycles. The number of anilines is 1. The number of hydrogen-bond donors (Lipinski definition) is 2. The molecule has 0 bridgehead atoms. The Kier molecular flexibility index (Phi) is 7.26. The summed E-state index contributed by atoms with van der Waals surface area (Å²) in [7, 11) is 1.50. The molecule has 0 spiro atoms. The van der Waals surface area contributed by atoms with E-state index in [2.05, 4.69) is 15.3 Å². The Hall–Kier alpha value is -3.47. The average Bonchev–Trinajstić information content (AvgIpc) is 2.84. The molecule has 11 heteroatoms. The van der Waals surface area contributed by atoms with Gasteiger partial charge in [0.05, 0.1) is 29.8 Å². The van der Waals surface area contributed by atoms with Gasteiger partial charge in [-0.1, -0.05) is 12.1 Å². The normalized spacial score (nSPS) is 16.4. The fraction of sp³-hybridized carbons (Fsp3) is 0.444. The zero-order valence-electron chi connectivity index (χ0n) is 21.8. The first-order valence-corrected chi connectivity index (χ1v) is 12.2. The molecule has 1 saturated heterocycles. The number of carbonyl (C=O) groups is 1. The van der Waals surface area contributed by atoms with E-state index < -0.39 is 29.2 Å². The van der Waals surface area contributed by atoms with Gasteiger partial charge < -0.3 is 20.1 Å². The summed E-state index contributed by atoms with van der Waals surface area (Å²) in [5.41, 5.74) is -1.12. The number of likely N-dealkylation sites (tertiary alicyclic amines) is 1. The zero-order valence-corrected chi connectivity index (χ0v) is 21.8. The lowest BCUT2D eigenvalue weighted by Crippen LogP contribution is -2.44. The monoisotopic (exact) mass is 534 g/mol. The Balaban J connectivity index is 1.81. The van der Waals surface area contributed by atoms with Crippen molar-refractivity contribution in [2.45, 2.75) is 58.4 Å². The van der Waals surface area contributed by atoms with E-state index in [-0.39, 0.29) is 30.1 Å². The molecule has 38 heavy (non-hydrogen) atoms. The van der Waals surface area contributed by atoms with E-state index in [0.29, 0.717) is 52.8 Å². The van der Waals surface area contributed by atoms with Crippen LogP contribution < -0.4 is 10.1 Å². The average molecular weight is 535 g/mol. The number of rotatable bonds is 5. The second-order valence-corrected chi connectivity index (χ2v) is 9.71. The number of carbonyl (C=O) groups excluding carboxylic acids is 1. The summed E-state index contributed by atoms with van der Waals surface area (Å²) >= 11 is 0. The lowest BCUT2D eigenvalue weighted by atomic mass is 9.82. The fourth-order valence-electron chi connectivity index (χ4n) is 5.09. The molecule has 7 nitrogen and oxygen atoms in total. The lowest BCUT2D eigenvalue weighted by Gasteiger charge is -2.39. The molecule has 3 aromatic rings. The molecule has 1 amide bonds. The first kappa shape index (κ1) is 27.6. The molecule has 1 aliphatic rings. The zero-order chi connectivity index (χ0) is 28.0. The van der Waals surface area contributed by atoms with E-state index in [1.807, 2.05) is 0 Å². The Labute approximate surface area is 217 Å². The molecule has 0 aliphatic carbocycles. The maximum absolute atomic E-state index is 14.9. The number of amides is 1. The van der Waals surface area contributed by atoms with Crippen LogP contribution in [-0.4, -0.2) is 46.1 Å². The second-order valence-electron chi connectivity index (χ2n) is 9.71. The number of aryl methyl sites for hydroxylation is 2. The van der Waals surface area contributed by atoms with Crippen LogP contribution in [0.2, 0.25) is 0 Å². The number of piperidine rings is 1. The third-order valence-electron chi connectivity index (χ3n) is 7.18. The van der Waals surface area contributed by atoms with E-state index in [9.17, 15) is 27.5 Å². The van der Waals surface area contributed by atoms with Crippen LogP contribution in [0.4, 0.5) is 23.4 Å². The number of alkyl halides is 3. The lowest BCUT2D eigenvalue weighted by molar-refractivity contribution is -0.140. The van der Waals surface area contributed by atoms with E-state index in [4.69, 9.17) is 4.74 Å². The molecule has 0 saturated carbocycles. The van der Waals surface area contributed by atoms with Crippen molar-refractivity contribution in [3.63, 3.8) is 0 Å². The van der Waals surface area contributed by atoms with Gasteiger partial charge in [0.1, 0.15) is 23.2 Å². The maximum atomic E-state index is 14.9. The number of benzene rings is 2. The highest BCUT2D eigenvalue weighted by Crippen LogP contribution is 2.44. The minimum atomic E-state index is -4.83. The number of hydrogen-bond acceptors (Lipinski definition) is 6. The minimum Gasteiger partial charge on any atom is -0.496 e. The molecule has 1 atom stereocenters. The Morgan fingerprint density at radius 3 is 2.45 bits per heavy atom. The van der Waals surface area contributed by atoms with Crippen LogP contribution in [-0.2, 0) is 16.6 Å². The van der Waals surface area contributed by atoms with E-state index in [1.165, 1.54) is 26.2 Å². The molecule has 2 N–H and O–H groups in total. The molecule has 0 radical (unpaired) electrons. The van der Waals surface area contributed by atoms with Gasteiger partial charge in [-0.15, -0.1) is 0 Å². The number of halogens is 4. The Bertz CT molecular complexity index is 1390. The van der Waals surface area contributed by atoms with Gasteiger partial charge in [-0.3, -0.25) is 4.79 Å². The molecule has 0 unspecified atom stereocenters. The molecule has 1 fully saturated rings. The summed E-state index contributed by atoms with van der Waals surface area (Å²) in [6.07, 6.45) is -4.25. The minimum absolute atomic E-state index is 0.0696. The molecule has 1 aliphatic heterocycles. The Morgan fingerprint density at radius 1 is 1.21 bits per heavy atom. The fourth-order valence-corrected chi connectivity index (χ4v) is 5.09. The van der Waals surface area contributed by atoms with Crippen LogP contribution in [0.1, 0.15) is 60.8 Å². The number of aromatic nitrogens is 2. The van der Waals surface area contributed by atoms with Gasteiger partial charge in [-0.2, -0.15) is 13.2 Å². The number of nitrogens with one attached hydrogen (secondary N) is 1. The smallest absolute Gasteiger partial charge is 0.419 e. The van der Waals surface area contributed by atoms with Crippen molar-refractivity contribution in [1.29, 1.82) is 0 Å². The van der Waals surface area contributed by atoms with Crippen molar-refractivity contribution in [2.75, 3.05) is 25.5 Å². The number of methoxy groups -OCH3 is 1. The van der Waals surface area contributed by atoms with Crippen molar-refractivity contribution in [3.8, 4) is 5.75 Å². The van der Waals surface area contributed by atoms with Crippen LogP contribution in [0, 0.1) is 19.7 Å². The first-order chi connectivity index (χ1) is 17.8. The topological polar surface area (TPSA) is 87.6 Å². The van der Waals surface area contributed by atoms with Crippen molar-refractivity contribution < 1.29 is 32.2 Å². The second kappa shape index (κ2) is 10.0. The standard InChI is InChI=1S/C27H30F4N4O3/c1-14-23-19(13-21(24(14)38-5)26(37)9-11-35(12-10-26)17(4)36)25(34-16(3)33-23)32-15(2)18-7-6-8-20(22(18)28)27(29,30)31/h6-8,13,15,37H,9-12H2,1-5H3,(H,32,33,34)/t15-/m0/s1. The number of fused-ring (bicyclic) bond motifs is 1. The summed E-state index contributed by atoms with van der Waals surface area (Å²) in [5, 5.41) is 15.2. The predicted molar refractivity (Wildman–Crippen MR) is 134 cm³/mol. The summed E-state index contributed by atoms with van der Waals surface area (Å²) in [4.78, 5) is 22.5. The van der Waals surface area contributed by atoms with E-state index in [1.54, 1.807) is 31.7 Å². The van der Waals surface area contributed by atoms with Crippen molar-refractivity contribution in [3.05, 3.63) is 58.2 Å². The Morgan fingerprint density at radius 2 is 1.87 bits per heavy atom. The van der Waals surface area contributed by atoms with E-state index >= 15 is 0 Å². The van der Waals surface area contributed by atoms with Crippen molar-refractivity contribution in [1.82, 2.24) is 14.9 Å². The molecule has 2 heterocycles. The van der Waals surface area contributed by atoms with Crippen LogP contribution in [0.15, 0.2) is 24.3 Å².